The number of hydrogen-bond donors (Lipinski definition) is 0. The summed E-state index contributed by atoms with van der Waals surface area (Å²) in [7, 11) is 0. The van der Waals surface area contributed by atoms with E-state index in [0.717, 1.165) is 10.0 Å². The number of benzene rings is 1. The predicted octanol–water partition coefficient (Wildman–Crippen LogP) is 4.08. The van der Waals surface area contributed by atoms with E-state index < -0.39 is 0 Å². The summed E-state index contributed by atoms with van der Waals surface area (Å²) in [6.45, 7) is 0.482. The lowest BCUT2D eigenvalue weighted by Gasteiger charge is -2.06. The van der Waals surface area contributed by atoms with Crippen molar-refractivity contribution in [1.29, 1.82) is 0 Å². The minimum Gasteiger partial charge on any atom is -0.473 e. The molecule has 0 atom stereocenters. The van der Waals surface area contributed by atoms with Crippen LogP contribution in [0.5, 0.6) is 5.88 Å². The van der Waals surface area contributed by atoms with Crippen LogP contribution in [0.1, 0.15) is 5.56 Å². The second kappa shape index (κ2) is 5.32. The van der Waals surface area contributed by atoms with E-state index in [1.807, 2.05) is 24.3 Å². The average molecular weight is 299 g/mol. The summed E-state index contributed by atoms with van der Waals surface area (Å²) >= 11 is 9.19. The molecule has 0 aliphatic rings. The molecule has 4 heteroatoms. The van der Waals surface area contributed by atoms with Crippen molar-refractivity contribution < 1.29 is 4.74 Å². The highest BCUT2D eigenvalue weighted by atomic mass is 79.9. The van der Waals surface area contributed by atoms with Crippen molar-refractivity contribution in [1.82, 2.24) is 4.98 Å². The summed E-state index contributed by atoms with van der Waals surface area (Å²) < 4.78 is 6.56. The molecule has 1 aromatic carbocycles. The molecule has 0 amide bonds. The quantitative estimate of drug-likeness (QED) is 0.852. The maximum Gasteiger partial charge on any atom is 0.213 e. The van der Waals surface area contributed by atoms with Crippen LogP contribution in [-0.2, 0) is 6.61 Å². The topological polar surface area (TPSA) is 22.1 Å². The molecule has 0 unspecified atom stereocenters. The Morgan fingerprint density at radius 1 is 1.19 bits per heavy atom. The van der Waals surface area contributed by atoms with Crippen molar-refractivity contribution in [3.63, 3.8) is 0 Å². The van der Waals surface area contributed by atoms with Crippen LogP contribution in [0.25, 0.3) is 0 Å². The smallest absolute Gasteiger partial charge is 0.213 e. The van der Waals surface area contributed by atoms with Gasteiger partial charge < -0.3 is 4.74 Å². The monoisotopic (exact) mass is 297 g/mol. The molecule has 0 bridgehead atoms. The van der Waals surface area contributed by atoms with Gasteiger partial charge in [-0.25, -0.2) is 4.98 Å². The van der Waals surface area contributed by atoms with Gasteiger partial charge in [-0.15, -0.1) is 0 Å². The fourth-order valence-electron chi connectivity index (χ4n) is 1.21. The maximum absolute atomic E-state index is 5.73. The van der Waals surface area contributed by atoms with E-state index in [4.69, 9.17) is 16.3 Å². The first-order valence-electron chi connectivity index (χ1n) is 4.73. The minimum absolute atomic E-state index is 0.482. The lowest BCUT2D eigenvalue weighted by atomic mass is 10.2. The van der Waals surface area contributed by atoms with Gasteiger partial charge in [0.1, 0.15) is 6.61 Å². The number of pyridine rings is 1. The molecule has 0 saturated heterocycles. The summed E-state index contributed by atoms with van der Waals surface area (Å²) in [4.78, 5) is 4.05. The zero-order valence-electron chi connectivity index (χ0n) is 8.36. The standard InChI is InChI=1S/C12H9BrClNO/c13-11-4-2-1-3-9(11)8-16-12-6-5-10(14)7-15-12/h1-7H,8H2. The van der Waals surface area contributed by atoms with Crippen molar-refractivity contribution in [2.75, 3.05) is 0 Å². The van der Waals surface area contributed by atoms with Crippen molar-refractivity contribution >= 4 is 27.5 Å². The van der Waals surface area contributed by atoms with Gasteiger partial charge in [-0.1, -0.05) is 45.7 Å². The molecule has 2 nitrogen and oxygen atoms in total. The van der Waals surface area contributed by atoms with Gasteiger partial charge in [0.25, 0.3) is 0 Å². The molecule has 0 N–H and O–H groups in total. The normalized spacial score (nSPS) is 10.1. The maximum atomic E-state index is 5.73. The highest BCUT2D eigenvalue weighted by Crippen LogP contribution is 2.18. The molecule has 0 saturated carbocycles. The van der Waals surface area contributed by atoms with Crippen LogP contribution in [0, 0.1) is 0 Å². The fraction of sp³-hybridized carbons (Fsp3) is 0.0833. The summed E-state index contributed by atoms with van der Waals surface area (Å²) in [5.41, 5.74) is 1.08. The molecule has 0 spiro atoms. The number of halogens is 2. The van der Waals surface area contributed by atoms with E-state index in [-0.39, 0.29) is 0 Å². The molecule has 0 radical (unpaired) electrons. The molecule has 82 valence electrons. The summed E-state index contributed by atoms with van der Waals surface area (Å²) in [6, 6.07) is 11.4. The number of aromatic nitrogens is 1. The predicted molar refractivity (Wildman–Crippen MR) is 67.7 cm³/mol. The number of hydrogen-bond acceptors (Lipinski definition) is 2. The van der Waals surface area contributed by atoms with Gasteiger partial charge >= 0.3 is 0 Å². The Morgan fingerprint density at radius 3 is 2.69 bits per heavy atom. The van der Waals surface area contributed by atoms with Gasteiger partial charge in [-0.05, 0) is 12.1 Å². The SMILES string of the molecule is Clc1ccc(OCc2ccccc2Br)nc1. The summed E-state index contributed by atoms with van der Waals surface area (Å²) in [5.74, 6) is 0.570. The van der Waals surface area contributed by atoms with Crippen LogP contribution in [0.15, 0.2) is 47.1 Å². The number of ether oxygens (including phenoxy) is 1. The van der Waals surface area contributed by atoms with E-state index in [9.17, 15) is 0 Å². The Kier molecular flexibility index (Phi) is 3.80. The first-order valence-corrected chi connectivity index (χ1v) is 5.90. The Morgan fingerprint density at radius 2 is 2.00 bits per heavy atom. The molecular formula is C12H9BrClNO. The van der Waals surface area contributed by atoms with Crippen LogP contribution in [-0.4, -0.2) is 4.98 Å². The van der Waals surface area contributed by atoms with Gasteiger partial charge in [0.15, 0.2) is 0 Å². The first-order chi connectivity index (χ1) is 7.75. The molecule has 2 aromatic rings. The largest absolute Gasteiger partial charge is 0.473 e. The number of nitrogens with zero attached hydrogens (tertiary/aromatic N) is 1. The third kappa shape index (κ3) is 2.97. The van der Waals surface area contributed by atoms with Gasteiger partial charge in [0.05, 0.1) is 5.02 Å². The Labute approximate surface area is 107 Å². The van der Waals surface area contributed by atoms with E-state index in [1.54, 1.807) is 18.3 Å². The van der Waals surface area contributed by atoms with Gasteiger partial charge in [-0.3, -0.25) is 0 Å². The van der Waals surface area contributed by atoms with Crippen molar-refractivity contribution in [3.05, 3.63) is 57.7 Å². The zero-order chi connectivity index (χ0) is 11.4. The van der Waals surface area contributed by atoms with Crippen molar-refractivity contribution in [2.24, 2.45) is 0 Å². The molecule has 0 aliphatic heterocycles. The molecular weight excluding hydrogens is 289 g/mol. The second-order valence-electron chi connectivity index (χ2n) is 3.19. The molecule has 1 aromatic heterocycles. The number of rotatable bonds is 3. The molecule has 0 fully saturated rings. The summed E-state index contributed by atoms with van der Waals surface area (Å²) in [5, 5.41) is 0.605. The lowest BCUT2D eigenvalue weighted by molar-refractivity contribution is 0.293. The Hall–Kier alpha value is -1.06. The minimum atomic E-state index is 0.482. The molecule has 16 heavy (non-hydrogen) atoms. The third-order valence-corrected chi connectivity index (χ3v) is 3.03. The van der Waals surface area contributed by atoms with Crippen LogP contribution in [0.4, 0.5) is 0 Å². The molecule has 1 heterocycles. The fourth-order valence-corrected chi connectivity index (χ4v) is 1.73. The van der Waals surface area contributed by atoms with Gasteiger partial charge in [0, 0.05) is 22.3 Å². The molecule has 2 rings (SSSR count). The highest BCUT2D eigenvalue weighted by molar-refractivity contribution is 9.10. The zero-order valence-corrected chi connectivity index (χ0v) is 10.7. The van der Waals surface area contributed by atoms with Gasteiger partial charge in [-0.2, -0.15) is 0 Å². The van der Waals surface area contributed by atoms with Gasteiger partial charge in [0.2, 0.25) is 5.88 Å². The lowest BCUT2D eigenvalue weighted by Crippen LogP contribution is -1.97. The highest BCUT2D eigenvalue weighted by Gasteiger charge is 2.00. The van der Waals surface area contributed by atoms with E-state index in [1.165, 1.54) is 0 Å². The summed E-state index contributed by atoms with van der Waals surface area (Å²) in [6.07, 6.45) is 1.57. The van der Waals surface area contributed by atoms with Crippen LogP contribution >= 0.6 is 27.5 Å². The first kappa shape index (κ1) is 11.4. The van der Waals surface area contributed by atoms with E-state index >= 15 is 0 Å². The van der Waals surface area contributed by atoms with Crippen molar-refractivity contribution in [2.45, 2.75) is 6.61 Å². The van der Waals surface area contributed by atoms with Crippen LogP contribution in [0.2, 0.25) is 5.02 Å². The van der Waals surface area contributed by atoms with Crippen molar-refractivity contribution in [3.8, 4) is 5.88 Å². The average Bonchev–Trinajstić information content (AvgIpc) is 2.30. The van der Waals surface area contributed by atoms with E-state index in [0.29, 0.717) is 17.5 Å². The Balaban J connectivity index is 2.02. The molecule has 0 aliphatic carbocycles. The second-order valence-corrected chi connectivity index (χ2v) is 4.49. The van der Waals surface area contributed by atoms with E-state index in [2.05, 4.69) is 20.9 Å². The third-order valence-electron chi connectivity index (χ3n) is 2.03. The van der Waals surface area contributed by atoms with Crippen LogP contribution < -0.4 is 4.74 Å². The van der Waals surface area contributed by atoms with Crippen LogP contribution in [0.3, 0.4) is 0 Å². The Bertz CT molecular complexity index is 473.